The van der Waals surface area contributed by atoms with Crippen LogP contribution in [0.15, 0.2) is 43.1 Å². The first-order valence-electron chi connectivity index (χ1n) is 5.24. The summed E-state index contributed by atoms with van der Waals surface area (Å²) in [5.74, 6) is 0. The summed E-state index contributed by atoms with van der Waals surface area (Å²) in [4.78, 5) is 1.97. The first-order valence-corrected chi connectivity index (χ1v) is 6.38. The first-order chi connectivity index (χ1) is 8.04. The third-order valence-electron chi connectivity index (χ3n) is 2.72. The van der Waals surface area contributed by atoms with Gasteiger partial charge < -0.3 is 4.90 Å². The minimum Gasteiger partial charge on any atom is -0.362 e. The highest BCUT2D eigenvalue weighted by Gasteiger charge is 2.39. The maximum Gasteiger partial charge on any atom is 0.214 e. The standard InChI is InChI=1S/C13H12Cl3N/c1-2-8-17-9-7-10-5-3-4-6-11(10)12(17)13(14,15)16/h2-7,9,12H,1,8H2. The van der Waals surface area contributed by atoms with Crippen molar-refractivity contribution >= 4 is 40.9 Å². The Kier molecular flexibility index (Phi) is 3.72. The normalized spacial score (nSPS) is 19.0. The van der Waals surface area contributed by atoms with E-state index in [2.05, 4.69) is 6.58 Å². The van der Waals surface area contributed by atoms with Crippen molar-refractivity contribution < 1.29 is 0 Å². The van der Waals surface area contributed by atoms with Gasteiger partial charge in [-0.05, 0) is 17.2 Å². The number of hydrogen-bond acceptors (Lipinski definition) is 1. The maximum atomic E-state index is 6.09. The topological polar surface area (TPSA) is 3.24 Å². The summed E-state index contributed by atoms with van der Waals surface area (Å²) in [5.41, 5.74) is 2.11. The molecule has 1 nitrogen and oxygen atoms in total. The Morgan fingerprint density at radius 1 is 1.29 bits per heavy atom. The van der Waals surface area contributed by atoms with Crippen LogP contribution in [0.3, 0.4) is 0 Å². The van der Waals surface area contributed by atoms with Crippen LogP contribution in [0, 0.1) is 0 Å². The minimum absolute atomic E-state index is 0.285. The molecule has 4 heteroatoms. The third kappa shape index (κ3) is 2.62. The molecule has 1 heterocycles. The van der Waals surface area contributed by atoms with Crippen LogP contribution in [0.4, 0.5) is 0 Å². The average Bonchev–Trinajstić information content (AvgIpc) is 2.27. The Hall–Kier alpha value is -0.630. The fourth-order valence-electron chi connectivity index (χ4n) is 2.03. The molecule has 0 saturated carbocycles. The number of hydrogen-bond donors (Lipinski definition) is 0. The molecule has 1 atom stereocenters. The van der Waals surface area contributed by atoms with Gasteiger partial charge in [-0.1, -0.05) is 65.1 Å². The summed E-state index contributed by atoms with van der Waals surface area (Å²) in [5, 5.41) is 0. The van der Waals surface area contributed by atoms with Crippen molar-refractivity contribution in [3.63, 3.8) is 0 Å². The van der Waals surface area contributed by atoms with Crippen molar-refractivity contribution in [2.45, 2.75) is 9.83 Å². The molecule has 0 radical (unpaired) electrons. The van der Waals surface area contributed by atoms with E-state index in [1.807, 2.05) is 41.4 Å². The van der Waals surface area contributed by atoms with E-state index < -0.39 is 3.79 Å². The van der Waals surface area contributed by atoms with Gasteiger partial charge in [-0.2, -0.15) is 0 Å². The molecule has 17 heavy (non-hydrogen) atoms. The van der Waals surface area contributed by atoms with Crippen molar-refractivity contribution in [1.29, 1.82) is 0 Å². The van der Waals surface area contributed by atoms with E-state index in [0.29, 0.717) is 6.54 Å². The molecule has 2 rings (SSSR count). The van der Waals surface area contributed by atoms with E-state index in [9.17, 15) is 0 Å². The maximum absolute atomic E-state index is 6.09. The lowest BCUT2D eigenvalue weighted by molar-refractivity contribution is 0.307. The van der Waals surface area contributed by atoms with Gasteiger partial charge in [0.15, 0.2) is 0 Å². The fourth-order valence-corrected chi connectivity index (χ4v) is 2.76. The van der Waals surface area contributed by atoms with Crippen LogP contribution in [-0.4, -0.2) is 15.2 Å². The Balaban J connectivity index is 2.48. The SMILES string of the molecule is C=CCN1C=Cc2ccccc2C1C(Cl)(Cl)Cl. The Morgan fingerprint density at radius 2 is 2.00 bits per heavy atom. The zero-order valence-electron chi connectivity index (χ0n) is 9.11. The molecule has 1 aliphatic heterocycles. The molecule has 0 N–H and O–H groups in total. The molecule has 0 bridgehead atoms. The number of halogens is 3. The monoisotopic (exact) mass is 287 g/mol. The molecule has 0 aliphatic carbocycles. The van der Waals surface area contributed by atoms with Crippen molar-refractivity contribution in [3.05, 3.63) is 54.2 Å². The van der Waals surface area contributed by atoms with Gasteiger partial charge in [0.25, 0.3) is 0 Å². The van der Waals surface area contributed by atoms with E-state index in [-0.39, 0.29) is 6.04 Å². The van der Waals surface area contributed by atoms with Crippen LogP contribution in [0.1, 0.15) is 17.2 Å². The smallest absolute Gasteiger partial charge is 0.214 e. The molecule has 0 amide bonds. The highest BCUT2D eigenvalue weighted by Crippen LogP contribution is 2.46. The largest absolute Gasteiger partial charge is 0.362 e. The van der Waals surface area contributed by atoms with Crippen LogP contribution in [0.25, 0.3) is 6.08 Å². The average molecular weight is 289 g/mol. The van der Waals surface area contributed by atoms with Crippen molar-refractivity contribution in [3.8, 4) is 0 Å². The van der Waals surface area contributed by atoms with Gasteiger partial charge in [-0.25, -0.2) is 0 Å². The van der Waals surface area contributed by atoms with E-state index in [0.717, 1.165) is 11.1 Å². The molecular formula is C13H12Cl3N. The second-order valence-electron chi connectivity index (χ2n) is 3.87. The lowest BCUT2D eigenvalue weighted by atomic mass is 9.97. The summed E-state index contributed by atoms with van der Waals surface area (Å²) in [6.45, 7) is 4.36. The van der Waals surface area contributed by atoms with Gasteiger partial charge >= 0.3 is 0 Å². The summed E-state index contributed by atoms with van der Waals surface area (Å²) in [7, 11) is 0. The highest BCUT2D eigenvalue weighted by molar-refractivity contribution is 6.68. The highest BCUT2D eigenvalue weighted by atomic mass is 35.6. The first kappa shape index (κ1) is 12.8. The molecular weight excluding hydrogens is 277 g/mol. The summed E-state index contributed by atoms with van der Waals surface area (Å²) >= 11 is 18.3. The number of nitrogens with zero attached hydrogens (tertiary/aromatic N) is 1. The molecule has 90 valence electrons. The van der Waals surface area contributed by atoms with Crippen molar-refractivity contribution in [2.24, 2.45) is 0 Å². The van der Waals surface area contributed by atoms with Gasteiger partial charge in [0, 0.05) is 12.7 Å². The van der Waals surface area contributed by atoms with Crippen LogP contribution < -0.4 is 0 Å². The third-order valence-corrected chi connectivity index (χ3v) is 3.34. The van der Waals surface area contributed by atoms with E-state index >= 15 is 0 Å². The van der Waals surface area contributed by atoms with E-state index in [1.54, 1.807) is 6.08 Å². The second-order valence-corrected chi connectivity index (χ2v) is 6.24. The Morgan fingerprint density at radius 3 is 2.65 bits per heavy atom. The Bertz CT molecular complexity index is 448. The zero-order chi connectivity index (χ0) is 12.5. The predicted octanol–water partition coefficient (Wildman–Crippen LogP) is 4.57. The van der Waals surface area contributed by atoms with Crippen LogP contribution >= 0.6 is 34.8 Å². The van der Waals surface area contributed by atoms with E-state index in [1.165, 1.54) is 0 Å². The lowest BCUT2D eigenvalue weighted by Gasteiger charge is -2.38. The predicted molar refractivity (Wildman–Crippen MR) is 75.4 cm³/mol. The summed E-state index contributed by atoms with van der Waals surface area (Å²) in [6.07, 6.45) is 5.75. The van der Waals surface area contributed by atoms with Gasteiger partial charge in [-0.15, -0.1) is 6.58 Å². The molecule has 0 saturated heterocycles. The summed E-state index contributed by atoms with van der Waals surface area (Å²) in [6, 6.07) is 7.64. The van der Waals surface area contributed by atoms with Gasteiger partial charge in [0.1, 0.15) is 6.04 Å². The molecule has 1 aromatic rings. The number of rotatable bonds is 2. The van der Waals surface area contributed by atoms with E-state index in [4.69, 9.17) is 34.8 Å². The quantitative estimate of drug-likeness (QED) is 0.569. The minimum atomic E-state index is -1.37. The van der Waals surface area contributed by atoms with Crippen LogP contribution in [0.5, 0.6) is 0 Å². The van der Waals surface area contributed by atoms with Crippen molar-refractivity contribution in [2.75, 3.05) is 6.54 Å². The Labute approximate surface area is 116 Å². The number of fused-ring (bicyclic) bond motifs is 1. The van der Waals surface area contributed by atoms with Gasteiger partial charge in [-0.3, -0.25) is 0 Å². The van der Waals surface area contributed by atoms with Gasteiger partial charge in [0.2, 0.25) is 3.79 Å². The molecule has 1 aliphatic rings. The fraction of sp³-hybridized carbons (Fsp3) is 0.231. The molecule has 0 fully saturated rings. The van der Waals surface area contributed by atoms with Crippen molar-refractivity contribution in [1.82, 2.24) is 4.90 Å². The van der Waals surface area contributed by atoms with Crippen LogP contribution in [0.2, 0.25) is 0 Å². The molecule has 1 aromatic carbocycles. The second kappa shape index (κ2) is 4.93. The van der Waals surface area contributed by atoms with Gasteiger partial charge in [0.05, 0.1) is 0 Å². The molecule has 0 aromatic heterocycles. The van der Waals surface area contributed by atoms with Crippen LogP contribution in [-0.2, 0) is 0 Å². The zero-order valence-corrected chi connectivity index (χ0v) is 11.4. The number of benzene rings is 1. The summed E-state index contributed by atoms with van der Waals surface area (Å²) < 4.78 is -1.37. The number of alkyl halides is 3. The molecule has 0 spiro atoms. The molecule has 1 unspecified atom stereocenters. The lowest BCUT2D eigenvalue weighted by Crippen LogP contribution is -2.35.